The first-order valence-corrected chi connectivity index (χ1v) is 8.51. The molecule has 0 aliphatic carbocycles. The molecule has 3 heteroatoms. The fraction of sp³-hybridized carbons (Fsp3) is 0.389. The third kappa shape index (κ3) is 3.35. The number of nitrogens with zero attached hydrogens (tertiary/aromatic N) is 1. The zero-order chi connectivity index (χ0) is 14.7. The molecule has 0 saturated carbocycles. The number of benzene rings is 1. The Morgan fingerprint density at radius 1 is 1.24 bits per heavy atom. The Morgan fingerprint density at radius 2 is 2.05 bits per heavy atom. The van der Waals surface area contributed by atoms with Gasteiger partial charge in [0, 0.05) is 19.0 Å². The summed E-state index contributed by atoms with van der Waals surface area (Å²) >= 11 is 1.56. The summed E-state index contributed by atoms with van der Waals surface area (Å²) in [6.45, 7) is 3.78. The first kappa shape index (κ1) is 14.3. The molecule has 1 fully saturated rings. The molecule has 2 heterocycles. The lowest BCUT2D eigenvalue weighted by molar-refractivity contribution is 0.0759. The monoisotopic (exact) mass is 299 g/mol. The number of aryl methyl sites for hydroxylation is 1. The van der Waals surface area contributed by atoms with Gasteiger partial charge < -0.3 is 4.90 Å². The van der Waals surface area contributed by atoms with Crippen LogP contribution in [0.5, 0.6) is 0 Å². The minimum absolute atomic E-state index is 0.205. The van der Waals surface area contributed by atoms with E-state index in [1.165, 1.54) is 24.0 Å². The Bertz CT molecular complexity index is 605. The number of thiophene rings is 1. The number of hydrogen-bond acceptors (Lipinski definition) is 2. The van der Waals surface area contributed by atoms with E-state index in [1.54, 1.807) is 11.3 Å². The number of rotatable bonds is 2. The van der Waals surface area contributed by atoms with Gasteiger partial charge >= 0.3 is 0 Å². The summed E-state index contributed by atoms with van der Waals surface area (Å²) < 4.78 is 0. The minimum Gasteiger partial charge on any atom is -0.337 e. The number of amides is 1. The van der Waals surface area contributed by atoms with Gasteiger partial charge in [-0.1, -0.05) is 36.8 Å². The zero-order valence-electron chi connectivity index (χ0n) is 12.4. The van der Waals surface area contributed by atoms with E-state index in [4.69, 9.17) is 0 Å². The highest BCUT2D eigenvalue weighted by molar-refractivity contribution is 7.12. The third-order valence-electron chi connectivity index (χ3n) is 4.17. The molecule has 1 atom stereocenters. The SMILES string of the molecule is Cc1csc(C(=O)N2CCCCC(c3ccccc3)C2)c1. The van der Waals surface area contributed by atoms with E-state index in [2.05, 4.69) is 40.6 Å². The molecule has 1 aromatic heterocycles. The van der Waals surface area contributed by atoms with E-state index >= 15 is 0 Å². The summed E-state index contributed by atoms with van der Waals surface area (Å²) in [6.07, 6.45) is 3.49. The average Bonchev–Trinajstić information content (AvgIpc) is 2.81. The molecular formula is C18H21NOS. The largest absolute Gasteiger partial charge is 0.337 e. The van der Waals surface area contributed by atoms with Crippen LogP contribution in [0.2, 0.25) is 0 Å². The van der Waals surface area contributed by atoms with Crippen LogP contribution in [-0.4, -0.2) is 23.9 Å². The van der Waals surface area contributed by atoms with Crippen LogP contribution in [0, 0.1) is 6.92 Å². The van der Waals surface area contributed by atoms with Gasteiger partial charge in [0.2, 0.25) is 0 Å². The quantitative estimate of drug-likeness (QED) is 0.801. The van der Waals surface area contributed by atoms with E-state index in [0.717, 1.165) is 24.4 Å². The number of carbonyl (C=O) groups is 1. The van der Waals surface area contributed by atoms with Crippen LogP contribution in [-0.2, 0) is 0 Å². The maximum atomic E-state index is 12.7. The molecule has 1 amide bonds. The van der Waals surface area contributed by atoms with Crippen LogP contribution in [0.4, 0.5) is 0 Å². The van der Waals surface area contributed by atoms with Gasteiger partial charge in [-0.3, -0.25) is 4.79 Å². The van der Waals surface area contributed by atoms with Crippen LogP contribution in [0.15, 0.2) is 41.8 Å². The summed E-state index contributed by atoms with van der Waals surface area (Å²) in [7, 11) is 0. The van der Waals surface area contributed by atoms with E-state index in [0.29, 0.717) is 5.92 Å². The summed E-state index contributed by atoms with van der Waals surface area (Å²) in [5, 5.41) is 2.06. The fourth-order valence-electron chi connectivity index (χ4n) is 3.02. The standard InChI is InChI=1S/C18H21NOS/c1-14-11-17(21-13-14)18(20)19-10-6-5-9-16(12-19)15-7-3-2-4-8-15/h2-4,7-8,11,13,16H,5-6,9-10,12H2,1H3. The van der Waals surface area contributed by atoms with Gasteiger partial charge in [0.05, 0.1) is 4.88 Å². The van der Waals surface area contributed by atoms with Crippen molar-refractivity contribution in [1.29, 1.82) is 0 Å². The van der Waals surface area contributed by atoms with Gasteiger partial charge in [-0.25, -0.2) is 0 Å². The lowest BCUT2D eigenvalue weighted by Gasteiger charge is -2.24. The molecule has 2 aromatic rings. The molecule has 1 unspecified atom stereocenters. The Labute approximate surface area is 130 Å². The van der Waals surface area contributed by atoms with Gasteiger partial charge in [0.25, 0.3) is 5.91 Å². The van der Waals surface area contributed by atoms with Gasteiger partial charge in [-0.15, -0.1) is 11.3 Å². The normalized spacial score (nSPS) is 19.3. The Hall–Kier alpha value is -1.61. The lowest BCUT2D eigenvalue weighted by Crippen LogP contribution is -2.33. The van der Waals surface area contributed by atoms with Crippen molar-refractivity contribution < 1.29 is 4.79 Å². The lowest BCUT2D eigenvalue weighted by atomic mass is 9.94. The second-order valence-electron chi connectivity index (χ2n) is 5.84. The molecule has 0 radical (unpaired) electrons. The Kier molecular flexibility index (Phi) is 4.39. The molecule has 21 heavy (non-hydrogen) atoms. The molecule has 0 spiro atoms. The van der Waals surface area contributed by atoms with Crippen molar-refractivity contribution in [2.75, 3.05) is 13.1 Å². The van der Waals surface area contributed by atoms with Crippen LogP contribution < -0.4 is 0 Å². The van der Waals surface area contributed by atoms with Crippen LogP contribution in [0.1, 0.15) is 46.0 Å². The van der Waals surface area contributed by atoms with Crippen LogP contribution in [0.25, 0.3) is 0 Å². The molecular weight excluding hydrogens is 278 g/mol. The van der Waals surface area contributed by atoms with Crippen molar-refractivity contribution in [1.82, 2.24) is 4.90 Å². The summed E-state index contributed by atoms with van der Waals surface area (Å²) in [5.74, 6) is 0.676. The summed E-state index contributed by atoms with van der Waals surface area (Å²) in [4.78, 5) is 15.6. The van der Waals surface area contributed by atoms with Crippen molar-refractivity contribution in [2.24, 2.45) is 0 Å². The first-order chi connectivity index (χ1) is 10.2. The van der Waals surface area contributed by atoms with E-state index in [9.17, 15) is 4.79 Å². The number of hydrogen-bond donors (Lipinski definition) is 0. The highest BCUT2D eigenvalue weighted by Gasteiger charge is 2.24. The molecule has 1 saturated heterocycles. The maximum absolute atomic E-state index is 12.7. The molecule has 0 N–H and O–H groups in total. The zero-order valence-corrected chi connectivity index (χ0v) is 13.2. The average molecular weight is 299 g/mol. The first-order valence-electron chi connectivity index (χ1n) is 7.63. The molecule has 1 aliphatic rings. The highest BCUT2D eigenvalue weighted by atomic mass is 32.1. The van der Waals surface area contributed by atoms with Crippen molar-refractivity contribution in [3.63, 3.8) is 0 Å². The van der Waals surface area contributed by atoms with Crippen LogP contribution >= 0.6 is 11.3 Å². The minimum atomic E-state index is 0.205. The van der Waals surface area contributed by atoms with Crippen molar-refractivity contribution >= 4 is 17.2 Å². The van der Waals surface area contributed by atoms with Crippen molar-refractivity contribution in [3.05, 3.63) is 57.8 Å². The Balaban J connectivity index is 1.77. The summed E-state index contributed by atoms with van der Waals surface area (Å²) in [6, 6.07) is 12.6. The molecule has 1 aliphatic heterocycles. The van der Waals surface area contributed by atoms with Gasteiger partial charge in [0.1, 0.15) is 0 Å². The van der Waals surface area contributed by atoms with E-state index in [1.807, 2.05) is 13.0 Å². The topological polar surface area (TPSA) is 20.3 Å². The van der Waals surface area contributed by atoms with Crippen LogP contribution in [0.3, 0.4) is 0 Å². The van der Waals surface area contributed by atoms with Gasteiger partial charge in [-0.05, 0) is 42.3 Å². The Morgan fingerprint density at radius 3 is 2.76 bits per heavy atom. The van der Waals surface area contributed by atoms with Gasteiger partial charge in [-0.2, -0.15) is 0 Å². The maximum Gasteiger partial charge on any atom is 0.263 e. The molecule has 0 bridgehead atoms. The number of carbonyl (C=O) groups excluding carboxylic acids is 1. The molecule has 110 valence electrons. The fourth-order valence-corrected chi connectivity index (χ4v) is 3.89. The second-order valence-corrected chi connectivity index (χ2v) is 6.75. The smallest absolute Gasteiger partial charge is 0.263 e. The van der Waals surface area contributed by atoms with Gasteiger partial charge in [0.15, 0.2) is 0 Å². The second kappa shape index (κ2) is 6.44. The molecule has 2 nitrogen and oxygen atoms in total. The summed E-state index contributed by atoms with van der Waals surface area (Å²) in [5.41, 5.74) is 2.54. The van der Waals surface area contributed by atoms with E-state index < -0.39 is 0 Å². The predicted molar refractivity (Wildman–Crippen MR) is 88.0 cm³/mol. The predicted octanol–water partition coefficient (Wildman–Crippen LogP) is 4.47. The van der Waals surface area contributed by atoms with Crippen molar-refractivity contribution in [2.45, 2.75) is 32.1 Å². The highest BCUT2D eigenvalue weighted by Crippen LogP contribution is 2.28. The molecule has 3 rings (SSSR count). The van der Waals surface area contributed by atoms with Crippen molar-refractivity contribution in [3.8, 4) is 0 Å². The molecule has 1 aromatic carbocycles. The number of likely N-dealkylation sites (tertiary alicyclic amines) is 1. The third-order valence-corrected chi connectivity index (χ3v) is 5.21. The van der Waals surface area contributed by atoms with E-state index in [-0.39, 0.29) is 5.91 Å².